The van der Waals surface area contributed by atoms with E-state index in [4.69, 9.17) is 14.2 Å². The number of hydrogen-bond donors (Lipinski definition) is 0. The smallest absolute Gasteiger partial charge is 0.306 e. The molecule has 71 heavy (non-hydrogen) atoms. The highest BCUT2D eigenvalue weighted by atomic mass is 16.6. The van der Waals surface area contributed by atoms with Crippen LogP contribution in [0.2, 0.25) is 0 Å². The molecule has 0 aromatic heterocycles. The van der Waals surface area contributed by atoms with Crippen molar-refractivity contribution in [3.63, 3.8) is 0 Å². The van der Waals surface area contributed by atoms with Crippen molar-refractivity contribution in [2.45, 2.75) is 309 Å². The van der Waals surface area contributed by atoms with E-state index in [1.807, 2.05) is 0 Å². The highest BCUT2D eigenvalue weighted by Crippen LogP contribution is 2.16. The number of allylic oxidation sites excluding steroid dienone is 12. The molecule has 0 saturated heterocycles. The molecule has 0 N–H and O–H groups in total. The monoisotopic (exact) mass is 991 g/mol. The van der Waals surface area contributed by atoms with Crippen molar-refractivity contribution in [3.05, 3.63) is 72.9 Å². The molecule has 0 radical (unpaired) electrons. The predicted octanol–water partition coefficient (Wildman–Crippen LogP) is 20.5. The van der Waals surface area contributed by atoms with Crippen LogP contribution >= 0.6 is 0 Å². The van der Waals surface area contributed by atoms with Crippen LogP contribution < -0.4 is 0 Å². The van der Waals surface area contributed by atoms with Crippen molar-refractivity contribution in [3.8, 4) is 0 Å². The summed E-state index contributed by atoms with van der Waals surface area (Å²) in [5.41, 5.74) is 0. The third kappa shape index (κ3) is 57.6. The second kappa shape index (κ2) is 59.4. The summed E-state index contributed by atoms with van der Waals surface area (Å²) in [6.45, 7) is 6.57. The Morgan fingerprint density at radius 2 is 0.507 bits per heavy atom. The van der Waals surface area contributed by atoms with E-state index in [0.29, 0.717) is 19.3 Å². The topological polar surface area (TPSA) is 78.9 Å². The minimum atomic E-state index is -0.795. The molecule has 6 heteroatoms. The number of ether oxygens (including phenoxy) is 3. The number of rotatable bonds is 55. The van der Waals surface area contributed by atoms with Gasteiger partial charge in [-0.2, -0.15) is 0 Å². The first-order valence-electron chi connectivity index (χ1n) is 30.4. The third-order valence-corrected chi connectivity index (χ3v) is 13.2. The molecule has 1 atom stereocenters. The number of carbonyl (C=O) groups excluding carboxylic acids is 3. The van der Waals surface area contributed by atoms with Gasteiger partial charge in [0.2, 0.25) is 0 Å². The standard InChI is InChI=1S/C65H114O6/c1-4-7-10-13-16-19-22-25-28-30-31-32-33-35-38-41-44-47-50-53-56-59-65(68)71-62(60-69-63(66)57-54-51-48-45-42-39-36-27-24-21-18-15-12-9-6-3)61-70-64(67)58-55-52-49-46-43-40-37-34-29-26-23-20-17-14-11-8-5-2/h17-18,20-21,25-29,36,42,45,62H,4-16,19,22-24,30-35,37-41,43-44,46-61H2,1-3H3/b20-17-,21-18-,28-25-,29-26-,36-27-,45-42-/t62-/m0/s1. The van der Waals surface area contributed by atoms with Crippen molar-refractivity contribution in [1.82, 2.24) is 0 Å². The number of esters is 3. The molecule has 0 aromatic carbocycles. The normalized spacial score (nSPS) is 12.5. The number of unbranched alkanes of at least 4 members (excludes halogenated alkanes) is 32. The lowest BCUT2D eigenvalue weighted by molar-refractivity contribution is -0.167. The summed E-state index contributed by atoms with van der Waals surface area (Å²) >= 11 is 0. The maximum atomic E-state index is 12.9. The van der Waals surface area contributed by atoms with Gasteiger partial charge in [-0.3, -0.25) is 14.4 Å². The average Bonchev–Trinajstić information content (AvgIpc) is 3.37. The summed E-state index contributed by atoms with van der Waals surface area (Å²) in [4.78, 5) is 38.2. The lowest BCUT2D eigenvalue weighted by Crippen LogP contribution is -2.30. The van der Waals surface area contributed by atoms with Crippen molar-refractivity contribution < 1.29 is 28.6 Å². The van der Waals surface area contributed by atoms with Gasteiger partial charge < -0.3 is 14.2 Å². The van der Waals surface area contributed by atoms with Crippen LogP contribution in [0.4, 0.5) is 0 Å². The van der Waals surface area contributed by atoms with Gasteiger partial charge >= 0.3 is 17.9 Å². The van der Waals surface area contributed by atoms with Crippen molar-refractivity contribution in [2.75, 3.05) is 13.2 Å². The molecule has 0 saturated carbocycles. The van der Waals surface area contributed by atoms with Crippen LogP contribution in [0.15, 0.2) is 72.9 Å². The Labute approximate surface area is 440 Å². The van der Waals surface area contributed by atoms with E-state index in [1.54, 1.807) is 0 Å². The zero-order valence-corrected chi connectivity index (χ0v) is 47.0. The Kier molecular flexibility index (Phi) is 56.8. The van der Waals surface area contributed by atoms with Gasteiger partial charge in [-0.25, -0.2) is 0 Å². The second-order valence-electron chi connectivity index (χ2n) is 20.2. The van der Waals surface area contributed by atoms with E-state index >= 15 is 0 Å². The molecule has 0 aliphatic rings. The fraction of sp³-hybridized carbons (Fsp3) is 0.769. The molecule has 0 aliphatic heterocycles. The fourth-order valence-corrected chi connectivity index (χ4v) is 8.53. The summed E-state index contributed by atoms with van der Waals surface area (Å²) in [6.07, 6.45) is 76.1. The zero-order valence-electron chi connectivity index (χ0n) is 47.0. The molecule has 0 unspecified atom stereocenters. The average molecular weight is 992 g/mol. The quantitative estimate of drug-likeness (QED) is 0.0261. The summed E-state index contributed by atoms with van der Waals surface area (Å²) in [6, 6.07) is 0. The van der Waals surface area contributed by atoms with Crippen LogP contribution in [0.1, 0.15) is 303 Å². The molecule has 410 valence electrons. The summed E-state index contributed by atoms with van der Waals surface area (Å²) in [7, 11) is 0. The van der Waals surface area contributed by atoms with E-state index in [9.17, 15) is 14.4 Å². The maximum absolute atomic E-state index is 12.9. The first-order valence-corrected chi connectivity index (χ1v) is 30.4. The van der Waals surface area contributed by atoms with Gasteiger partial charge in [0, 0.05) is 19.3 Å². The summed E-state index contributed by atoms with van der Waals surface area (Å²) in [5, 5.41) is 0. The molecule has 0 aliphatic carbocycles. The lowest BCUT2D eigenvalue weighted by Gasteiger charge is -2.18. The fourth-order valence-electron chi connectivity index (χ4n) is 8.53. The predicted molar refractivity (Wildman–Crippen MR) is 307 cm³/mol. The SMILES string of the molecule is CCCCC/C=C\C/C=C\C/C=C\CCCCC(=O)OC[C@@H](COC(=O)CCCCCCCCC/C=C\C/C=C\CCCCC)OC(=O)CCCCCCCCCCCCC/C=C\CCCCCCCC. The van der Waals surface area contributed by atoms with Crippen LogP contribution in [0.25, 0.3) is 0 Å². The molecule has 0 bridgehead atoms. The van der Waals surface area contributed by atoms with Gasteiger partial charge in [-0.05, 0) is 116 Å². The Hall–Kier alpha value is -3.15. The van der Waals surface area contributed by atoms with Gasteiger partial charge in [0.15, 0.2) is 6.10 Å². The molecule has 0 heterocycles. The van der Waals surface area contributed by atoms with Crippen LogP contribution in [0, 0.1) is 0 Å². The molecule has 0 aromatic rings. The van der Waals surface area contributed by atoms with Crippen molar-refractivity contribution in [2.24, 2.45) is 0 Å². The van der Waals surface area contributed by atoms with E-state index in [1.165, 1.54) is 180 Å². The number of hydrogen-bond acceptors (Lipinski definition) is 6. The molecule has 0 fully saturated rings. The van der Waals surface area contributed by atoms with Crippen LogP contribution in [-0.4, -0.2) is 37.2 Å². The zero-order chi connectivity index (χ0) is 51.4. The van der Waals surface area contributed by atoms with Gasteiger partial charge in [0.05, 0.1) is 0 Å². The Bertz CT molecular complexity index is 1320. The molecule has 0 spiro atoms. The Morgan fingerprint density at radius 1 is 0.282 bits per heavy atom. The first-order chi connectivity index (χ1) is 35.0. The maximum Gasteiger partial charge on any atom is 0.306 e. The lowest BCUT2D eigenvalue weighted by atomic mass is 10.0. The highest BCUT2D eigenvalue weighted by molar-refractivity contribution is 5.71. The van der Waals surface area contributed by atoms with Gasteiger partial charge in [0.1, 0.15) is 13.2 Å². The van der Waals surface area contributed by atoms with Crippen LogP contribution in [0.5, 0.6) is 0 Å². The van der Waals surface area contributed by atoms with Crippen molar-refractivity contribution in [1.29, 1.82) is 0 Å². The molecule has 0 amide bonds. The van der Waals surface area contributed by atoms with Crippen molar-refractivity contribution >= 4 is 17.9 Å². The number of carbonyl (C=O) groups is 3. The third-order valence-electron chi connectivity index (χ3n) is 13.2. The first kappa shape index (κ1) is 67.8. The largest absolute Gasteiger partial charge is 0.462 e. The van der Waals surface area contributed by atoms with E-state index < -0.39 is 6.10 Å². The van der Waals surface area contributed by atoms with Crippen LogP contribution in [-0.2, 0) is 28.6 Å². The Morgan fingerprint density at radius 3 is 0.859 bits per heavy atom. The van der Waals surface area contributed by atoms with Gasteiger partial charge in [-0.1, -0.05) is 241 Å². The van der Waals surface area contributed by atoms with E-state index in [-0.39, 0.29) is 31.1 Å². The van der Waals surface area contributed by atoms with Gasteiger partial charge in [0.25, 0.3) is 0 Å². The highest BCUT2D eigenvalue weighted by Gasteiger charge is 2.19. The van der Waals surface area contributed by atoms with E-state index in [0.717, 1.165) is 83.5 Å². The van der Waals surface area contributed by atoms with Gasteiger partial charge in [-0.15, -0.1) is 0 Å². The molecular weight excluding hydrogens is 877 g/mol. The summed E-state index contributed by atoms with van der Waals surface area (Å²) < 4.78 is 16.9. The Balaban J connectivity index is 4.41. The van der Waals surface area contributed by atoms with Crippen LogP contribution in [0.3, 0.4) is 0 Å². The molecular formula is C65H114O6. The molecule has 0 rings (SSSR count). The summed E-state index contributed by atoms with van der Waals surface area (Å²) in [5.74, 6) is -0.927. The minimum absolute atomic E-state index is 0.0909. The molecule has 6 nitrogen and oxygen atoms in total. The second-order valence-corrected chi connectivity index (χ2v) is 20.2. The van der Waals surface area contributed by atoms with E-state index in [2.05, 4.69) is 93.7 Å². The minimum Gasteiger partial charge on any atom is -0.462 e.